The van der Waals surface area contributed by atoms with Crippen molar-refractivity contribution in [3.8, 4) is 5.75 Å². The van der Waals surface area contributed by atoms with Crippen LogP contribution in [0, 0.1) is 5.92 Å². The van der Waals surface area contributed by atoms with E-state index in [1.807, 2.05) is 19.9 Å². The molecule has 0 aliphatic heterocycles. The second kappa shape index (κ2) is 6.57. The summed E-state index contributed by atoms with van der Waals surface area (Å²) >= 11 is 0. The number of carboxylic acids is 1. The first-order chi connectivity index (χ1) is 8.92. The van der Waals surface area contributed by atoms with Crippen LogP contribution in [0.25, 0.3) is 0 Å². The van der Waals surface area contributed by atoms with Crippen LogP contribution in [0.3, 0.4) is 0 Å². The maximum absolute atomic E-state index is 10.9. The maximum atomic E-state index is 10.9. The molecule has 2 atom stereocenters. The van der Waals surface area contributed by atoms with Gasteiger partial charge in [-0.1, -0.05) is 39.0 Å². The van der Waals surface area contributed by atoms with E-state index in [0.717, 1.165) is 6.42 Å². The van der Waals surface area contributed by atoms with Gasteiger partial charge >= 0.3 is 5.97 Å². The van der Waals surface area contributed by atoms with Crippen molar-refractivity contribution in [2.45, 2.75) is 45.8 Å². The number of rotatable bonds is 7. The molecule has 1 unspecified atom stereocenters. The first-order valence-electron chi connectivity index (χ1n) is 6.70. The molecule has 4 nitrogen and oxygen atoms in total. The van der Waals surface area contributed by atoms with E-state index >= 15 is 0 Å². The van der Waals surface area contributed by atoms with Gasteiger partial charge in [0.05, 0.1) is 6.42 Å². The standard InChI is InChI=1S/C15H23NO3/c1-4-11(3)15(16,5-2)19-13-9-7-6-8-12(13)10-14(17)18/h6-9,11H,4-5,10,16H2,1-3H3,(H,17,18)/t11?,15-/m0/s1. The van der Waals surface area contributed by atoms with Crippen LogP contribution >= 0.6 is 0 Å². The van der Waals surface area contributed by atoms with Gasteiger partial charge in [0.15, 0.2) is 5.72 Å². The number of aliphatic carboxylic acids is 1. The summed E-state index contributed by atoms with van der Waals surface area (Å²) in [5.41, 5.74) is 6.21. The molecule has 0 saturated heterocycles. The minimum Gasteiger partial charge on any atom is -0.481 e. The van der Waals surface area contributed by atoms with Crippen molar-refractivity contribution in [3.63, 3.8) is 0 Å². The number of carbonyl (C=O) groups is 1. The summed E-state index contributed by atoms with van der Waals surface area (Å²) < 4.78 is 5.95. The van der Waals surface area contributed by atoms with Gasteiger partial charge in [-0.15, -0.1) is 0 Å². The fraction of sp³-hybridized carbons (Fsp3) is 0.533. The fourth-order valence-electron chi connectivity index (χ4n) is 1.98. The van der Waals surface area contributed by atoms with Crippen molar-refractivity contribution in [2.75, 3.05) is 0 Å². The van der Waals surface area contributed by atoms with Gasteiger partial charge in [-0.25, -0.2) is 0 Å². The molecule has 0 fully saturated rings. The normalized spacial score (nSPS) is 15.6. The van der Waals surface area contributed by atoms with E-state index in [1.54, 1.807) is 18.2 Å². The van der Waals surface area contributed by atoms with Crippen molar-refractivity contribution in [1.82, 2.24) is 0 Å². The van der Waals surface area contributed by atoms with Gasteiger partial charge in [0.1, 0.15) is 5.75 Å². The van der Waals surface area contributed by atoms with Crippen LogP contribution in [-0.4, -0.2) is 16.8 Å². The highest BCUT2D eigenvalue weighted by atomic mass is 16.5. The van der Waals surface area contributed by atoms with Gasteiger partial charge in [-0.05, 0) is 18.9 Å². The lowest BCUT2D eigenvalue weighted by Gasteiger charge is -2.35. The molecule has 19 heavy (non-hydrogen) atoms. The number of carboxylic acid groups (broad SMARTS) is 1. The Morgan fingerprint density at radius 3 is 2.58 bits per heavy atom. The number of para-hydroxylation sites is 1. The molecule has 0 amide bonds. The molecule has 0 saturated carbocycles. The van der Waals surface area contributed by atoms with Gasteiger partial charge in [-0.3, -0.25) is 10.5 Å². The highest BCUT2D eigenvalue weighted by Crippen LogP contribution is 2.28. The Balaban J connectivity index is 3.00. The topological polar surface area (TPSA) is 72.5 Å². The number of benzene rings is 1. The van der Waals surface area contributed by atoms with Crippen molar-refractivity contribution >= 4 is 5.97 Å². The van der Waals surface area contributed by atoms with Crippen LogP contribution in [0.2, 0.25) is 0 Å². The molecule has 3 N–H and O–H groups in total. The molecule has 1 rings (SSSR count). The van der Waals surface area contributed by atoms with Gasteiger partial charge < -0.3 is 9.84 Å². The largest absolute Gasteiger partial charge is 0.481 e. The molecule has 0 aliphatic carbocycles. The van der Waals surface area contributed by atoms with Crippen LogP contribution < -0.4 is 10.5 Å². The molecule has 0 heterocycles. The van der Waals surface area contributed by atoms with Crippen molar-refractivity contribution < 1.29 is 14.6 Å². The Bertz CT molecular complexity index is 433. The minimum atomic E-state index is -0.876. The lowest BCUT2D eigenvalue weighted by Crippen LogP contribution is -2.51. The third-order valence-electron chi connectivity index (χ3n) is 3.61. The van der Waals surface area contributed by atoms with E-state index in [2.05, 4.69) is 6.92 Å². The molecule has 0 aliphatic rings. The third kappa shape index (κ3) is 3.96. The van der Waals surface area contributed by atoms with Crippen molar-refractivity contribution in [1.29, 1.82) is 0 Å². The summed E-state index contributed by atoms with van der Waals surface area (Å²) in [4.78, 5) is 10.9. The van der Waals surface area contributed by atoms with Gasteiger partial charge in [0.2, 0.25) is 0 Å². The number of nitrogens with two attached hydrogens (primary N) is 1. The van der Waals surface area contributed by atoms with Gasteiger partial charge in [0, 0.05) is 11.5 Å². The smallest absolute Gasteiger partial charge is 0.307 e. The molecule has 0 radical (unpaired) electrons. The Hall–Kier alpha value is -1.55. The van der Waals surface area contributed by atoms with Crippen molar-refractivity contribution in [2.24, 2.45) is 11.7 Å². The van der Waals surface area contributed by atoms with E-state index in [0.29, 0.717) is 17.7 Å². The predicted octanol–water partition coefficient (Wildman–Crippen LogP) is 2.80. The molecular formula is C15H23NO3. The zero-order chi connectivity index (χ0) is 14.5. The fourth-order valence-corrected chi connectivity index (χ4v) is 1.98. The van der Waals surface area contributed by atoms with E-state index in [-0.39, 0.29) is 12.3 Å². The van der Waals surface area contributed by atoms with E-state index in [4.69, 9.17) is 15.6 Å². The van der Waals surface area contributed by atoms with Crippen LogP contribution in [0.1, 0.15) is 39.2 Å². The molecule has 4 heteroatoms. The summed E-state index contributed by atoms with van der Waals surface area (Å²) in [5.74, 6) is -0.122. The number of ether oxygens (including phenoxy) is 1. The van der Waals surface area contributed by atoms with E-state index in [1.165, 1.54) is 0 Å². The Morgan fingerprint density at radius 1 is 1.42 bits per heavy atom. The number of hydrogen-bond acceptors (Lipinski definition) is 3. The molecule has 1 aromatic rings. The van der Waals surface area contributed by atoms with Crippen LogP contribution in [0.5, 0.6) is 5.75 Å². The summed E-state index contributed by atoms with van der Waals surface area (Å²) in [6, 6.07) is 7.17. The number of hydrogen-bond donors (Lipinski definition) is 2. The van der Waals surface area contributed by atoms with Crippen LogP contribution in [-0.2, 0) is 11.2 Å². The second-order valence-electron chi connectivity index (χ2n) is 4.90. The lowest BCUT2D eigenvalue weighted by atomic mass is 9.93. The molecular weight excluding hydrogens is 242 g/mol. The van der Waals surface area contributed by atoms with Gasteiger partial charge in [0.25, 0.3) is 0 Å². The van der Waals surface area contributed by atoms with E-state index < -0.39 is 11.7 Å². The van der Waals surface area contributed by atoms with Crippen molar-refractivity contribution in [3.05, 3.63) is 29.8 Å². The minimum absolute atomic E-state index is 0.0591. The lowest BCUT2D eigenvalue weighted by molar-refractivity contribution is -0.136. The first kappa shape index (κ1) is 15.5. The summed E-state index contributed by atoms with van der Waals surface area (Å²) in [6.07, 6.45) is 1.52. The first-order valence-corrected chi connectivity index (χ1v) is 6.70. The molecule has 106 valence electrons. The predicted molar refractivity (Wildman–Crippen MR) is 75.1 cm³/mol. The summed E-state index contributed by atoms with van der Waals surface area (Å²) in [7, 11) is 0. The Morgan fingerprint density at radius 2 is 2.05 bits per heavy atom. The van der Waals surface area contributed by atoms with Crippen LogP contribution in [0.15, 0.2) is 24.3 Å². The quantitative estimate of drug-likeness (QED) is 0.743. The van der Waals surface area contributed by atoms with Gasteiger partial charge in [-0.2, -0.15) is 0 Å². The highest BCUT2D eigenvalue weighted by Gasteiger charge is 2.31. The molecule has 1 aromatic carbocycles. The van der Waals surface area contributed by atoms with Crippen LogP contribution in [0.4, 0.5) is 0 Å². The highest BCUT2D eigenvalue weighted by molar-refractivity contribution is 5.71. The Kier molecular flexibility index (Phi) is 5.36. The maximum Gasteiger partial charge on any atom is 0.307 e. The second-order valence-corrected chi connectivity index (χ2v) is 4.90. The van der Waals surface area contributed by atoms with E-state index in [9.17, 15) is 4.79 Å². The summed E-state index contributed by atoms with van der Waals surface area (Å²) in [6.45, 7) is 6.09. The summed E-state index contributed by atoms with van der Waals surface area (Å²) in [5, 5.41) is 8.92. The third-order valence-corrected chi connectivity index (χ3v) is 3.61. The Labute approximate surface area is 114 Å². The zero-order valence-corrected chi connectivity index (χ0v) is 11.8. The average Bonchev–Trinajstić information content (AvgIpc) is 2.39. The SMILES string of the molecule is CCC(C)[C@](N)(CC)Oc1ccccc1CC(=O)O. The average molecular weight is 265 g/mol. The molecule has 0 bridgehead atoms. The zero-order valence-electron chi connectivity index (χ0n) is 11.8. The monoisotopic (exact) mass is 265 g/mol. The molecule has 0 spiro atoms. The molecule has 0 aromatic heterocycles.